The normalized spacial score (nSPS) is 10.5. The number of ether oxygens (including phenoxy) is 1. The van der Waals surface area contributed by atoms with Crippen molar-refractivity contribution < 1.29 is 9.53 Å². The first kappa shape index (κ1) is 19.7. The van der Waals surface area contributed by atoms with Crippen molar-refractivity contribution in [2.24, 2.45) is 0 Å². The van der Waals surface area contributed by atoms with Crippen molar-refractivity contribution in [3.63, 3.8) is 0 Å². The van der Waals surface area contributed by atoms with Crippen molar-refractivity contribution in [2.75, 3.05) is 17.7 Å². The molecule has 0 saturated carbocycles. The third-order valence-corrected chi connectivity index (χ3v) is 4.84. The Hall–Kier alpha value is -3.06. The van der Waals surface area contributed by atoms with Crippen molar-refractivity contribution in [1.29, 1.82) is 0 Å². The van der Waals surface area contributed by atoms with Gasteiger partial charge in [0.05, 0.1) is 12.4 Å². The molecule has 1 amide bonds. The summed E-state index contributed by atoms with van der Waals surface area (Å²) in [6, 6.07) is 14.8. The Morgan fingerprint density at radius 1 is 1.21 bits per heavy atom. The number of nitrogens with one attached hydrogen (secondary N) is 1. The Labute approximate surface area is 167 Å². The number of nitrogens with zero attached hydrogens (tertiary/aromatic N) is 2. The lowest BCUT2D eigenvalue weighted by molar-refractivity contribution is -0.113. The highest BCUT2D eigenvalue weighted by molar-refractivity contribution is 7.99. The molecule has 1 aromatic heterocycles. The summed E-state index contributed by atoms with van der Waals surface area (Å²) >= 11 is 1.12. The molecule has 2 aromatic carbocycles. The zero-order valence-corrected chi connectivity index (χ0v) is 16.5. The minimum Gasteiger partial charge on any atom is -0.494 e. The second kappa shape index (κ2) is 9.23. The number of benzene rings is 2. The number of carbonyl (C=O) groups is 1. The van der Waals surface area contributed by atoms with Crippen LogP contribution in [0.2, 0.25) is 0 Å². The zero-order chi connectivity index (χ0) is 19.9. The van der Waals surface area contributed by atoms with E-state index in [0.29, 0.717) is 12.3 Å². The Morgan fingerprint density at radius 2 is 2.00 bits per heavy atom. The number of thioether (sulfide) groups is 1. The first-order valence-corrected chi connectivity index (χ1v) is 9.85. The average Bonchev–Trinajstić information content (AvgIpc) is 2.69. The lowest BCUT2D eigenvalue weighted by Gasteiger charge is -2.09. The molecule has 0 unspecified atom stereocenters. The number of aromatic nitrogens is 2. The van der Waals surface area contributed by atoms with Crippen LogP contribution in [0.1, 0.15) is 12.5 Å². The molecule has 0 aliphatic heterocycles. The number of carbonyl (C=O) groups excluding carboxylic acids is 1. The molecule has 0 aliphatic rings. The maximum Gasteiger partial charge on any atom is 0.287 e. The van der Waals surface area contributed by atoms with E-state index in [4.69, 9.17) is 4.74 Å². The number of aryl methyl sites for hydroxylation is 1. The molecule has 6 nitrogen and oxygen atoms in total. The second-order valence-corrected chi connectivity index (χ2v) is 7.00. The van der Waals surface area contributed by atoms with Crippen LogP contribution in [-0.2, 0) is 4.79 Å². The first-order chi connectivity index (χ1) is 13.6. The molecule has 0 radical (unpaired) electrons. The van der Waals surface area contributed by atoms with E-state index < -0.39 is 0 Å². The van der Waals surface area contributed by atoms with Gasteiger partial charge in [-0.2, -0.15) is 0 Å². The molecule has 28 heavy (non-hydrogen) atoms. The minimum atomic E-state index is -0.244. The fraction of sp³-hybridized carbons (Fsp3) is 0.190. The monoisotopic (exact) mass is 395 g/mol. The van der Waals surface area contributed by atoms with Gasteiger partial charge in [-0.25, -0.2) is 4.98 Å². The van der Waals surface area contributed by atoms with Gasteiger partial charge in [-0.15, -0.1) is 0 Å². The fourth-order valence-corrected chi connectivity index (χ4v) is 3.30. The molecule has 1 heterocycles. The van der Waals surface area contributed by atoms with Crippen molar-refractivity contribution in [3.05, 3.63) is 76.8 Å². The fourth-order valence-electron chi connectivity index (χ4n) is 2.61. The topological polar surface area (TPSA) is 73.2 Å². The Kier molecular flexibility index (Phi) is 6.49. The maximum atomic E-state index is 12.7. The molecule has 0 saturated heterocycles. The standard InChI is InChI=1S/C21H21N3O3S/c1-3-27-18-9-7-16(8-10-18)23-19(25)14-28-20-21(26)24(12-11-22-20)17-6-4-5-15(2)13-17/h4-13H,3,14H2,1-2H3,(H,23,25). The van der Waals surface area contributed by atoms with Crippen LogP contribution < -0.4 is 15.6 Å². The molecule has 0 fully saturated rings. The number of hydrogen-bond donors (Lipinski definition) is 1. The highest BCUT2D eigenvalue weighted by Crippen LogP contribution is 2.17. The smallest absolute Gasteiger partial charge is 0.287 e. The van der Waals surface area contributed by atoms with E-state index >= 15 is 0 Å². The summed E-state index contributed by atoms with van der Waals surface area (Å²) in [4.78, 5) is 29.0. The van der Waals surface area contributed by atoms with Crippen LogP contribution in [0.25, 0.3) is 5.69 Å². The summed E-state index contributed by atoms with van der Waals surface area (Å²) in [6.07, 6.45) is 3.19. The summed E-state index contributed by atoms with van der Waals surface area (Å²) < 4.78 is 6.91. The molecule has 1 N–H and O–H groups in total. The maximum absolute atomic E-state index is 12.7. The van der Waals surface area contributed by atoms with Gasteiger partial charge in [-0.3, -0.25) is 14.2 Å². The van der Waals surface area contributed by atoms with Gasteiger partial charge in [-0.1, -0.05) is 23.9 Å². The highest BCUT2D eigenvalue weighted by atomic mass is 32.2. The molecule has 0 spiro atoms. The third kappa shape index (κ3) is 5.01. The van der Waals surface area contributed by atoms with Crippen LogP contribution in [0.5, 0.6) is 5.75 Å². The van der Waals surface area contributed by atoms with Gasteiger partial charge in [0.15, 0.2) is 5.03 Å². The van der Waals surface area contributed by atoms with E-state index in [-0.39, 0.29) is 22.2 Å². The Bertz CT molecular complexity index is 1020. The van der Waals surface area contributed by atoms with Crippen LogP contribution in [0.4, 0.5) is 5.69 Å². The molecule has 3 rings (SSSR count). The summed E-state index contributed by atoms with van der Waals surface area (Å²) in [5.41, 5.74) is 2.26. The van der Waals surface area contributed by atoms with E-state index in [1.807, 2.05) is 38.1 Å². The summed E-state index contributed by atoms with van der Waals surface area (Å²) in [7, 11) is 0. The van der Waals surface area contributed by atoms with Crippen LogP contribution >= 0.6 is 11.8 Å². The highest BCUT2D eigenvalue weighted by Gasteiger charge is 2.10. The number of amides is 1. The van der Waals surface area contributed by atoms with Crippen molar-refractivity contribution in [2.45, 2.75) is 18.9 Å². The Morgan fingerprint density at radius 3 is 2.71 bits per heavy atom. The molecule has 0 atom stereocenters. The van der Waals surface area contributed by atoms with Crippen molar-refractivity contribution in [3.8, 4) is 11.4 Å². The van der Waals surface area contributed by atoms with Gasteiger partial charge in [0.25, 0.3) is 5.56 Å². The van der Waals surface area contributed by atoms with E-state index in [2.05, 4.69) is 10.3 Å². The van der Waals surface area contributed by atoms with E-state index in [9.17, 15) is 9.59 Å². The quantitative estimate of drug-likeness (QED) is 0.618. The summed E-state index contributed by atoms with van der Waals surface area (Å²) in [5, 5.41) is 3.09. The van der Waals surface area contributed by atoms with Crippen molar-refractivity contribution >= 4 is 23.4 Å². The second-order valence-electron chi connectivity index (χ2n) is 6.04. The van der Waals surface area contributed by atoms with Crippen molar-refractivity contribution in [1.82, 2.24) is 9.55 Å². The van der Waals surface area contributed by atoms with E-state index in [0.717, 1.165) is 28.8 Å². The minimum absolute atomic E-state index is 0.0906. The largest absolute Gasteiger partial charge is 0.494 e. The summed E-state index contributed by atoms with van der Waals surface area (Å²) in [6.45, 7) is 4.47. The first-order valence-electron chi connectivity index (χ1n) is 8.87. The lowest BCUT2D eigenvalue weighted by atomic mass is 10.2. The van der Waals surface area contributed by atoms with Gasteiger partial charge in [-0.05, 0) is 55.8 Å². The van der Waals surface area contributed by atoms with Gasteiger partial charge < -0.3 is 10.1 Å². The molecule has 144 valence electrons. The number of hydrogen-bond acceptors (Lipinski definition) is 5. The zero-order valence-electron chi connectivity index (χ0n) is 15.7. The van der Waals surface area contributed by atoms with Crippen LogP contribution in [-0.4, -0.2) is 27.8 Å². The van der Waals surface area contributed by atoms with Crippen LogP contribution in [0, 0.1) is 6.92 Å². The van der Waals surface area contributed by atoms with Gasteiger partial charge in [0, 0.05) is 23.8 Å². The molecule has 0 bridgehead atoms. The molecular weight excluding hydrogens is 374 g/mol. The average molecular weight is 395 g/mol. The lowest BCUT2D eigenvalue weighted by Crippen LogP contribution is -2.22. The molecule has 0 aliphatic carbocycles. The predicted molar refractivity (Wildman–Crippen MR) is 112 cm³/mol. The molecule has 7 heteroatoms. The SMILES string of the molecule is CCOc1ccc(NC(=O)CSc2nccn(-c3cccc(C)c3)c2=O)cc1. The third-order valence-electron chi connectivity index (χ3n) is 3.88. The number of rotatable bonds is 7. The van der Waals surface area contributed by atoms with Gasteiger partial charge in [0.1, 0.15) is 5.75 Å². The van der Waals surface area contributed by atoms with E-state index in [1.54, 1.807) is 36.7 Å². The molecular formula is C21H21N3O3S. The van der Waals surface area contributed by atoms with E-state index in [1.165, 1.54) is 4.57 Å². The number of anilines is 1. The summed E-state index contributed by atoms with van der Waals surface area (Å²) in [5.74, 6) is 0.634. The van der Waals surface area contributed by atoms with Crippen LogP contribution in [0.3, 0.4) is 0 Å². The van der Waals surface area contributed by atoms with Gasteiger partial charge in [0.2, 0.25) is 5.91 Å². The van der Waals surface area contributed by atoms with Gasteiger partial charge >= 0.3 is 0 Å². The predicted octanol–water partition coefficient (Wildman–Crippen LogP) is 3.67. The Balaban J connectivity index is 1.65. The van der Waals surface area contributed by atoms with Crippen LogP contribution in [0.15, 0.2) is 70.7 Å². The molecule has 3 aromatic rings.